The third kappa shape index (κ3) is 0.666. The fraction of sp³-hybridized carbons (Fsp3) is 1.00. The molecule has 0 aromatic heterocycles. The minimum atomic E-state index is 0.884. The third-order valence-corrected chi connectivity index (χ3v) is 4.90. The molecule has 62 valence electrons. The molecule has 1 spiro atoms. The van der Waals surface area contributed by atoms with Crippen molar-refractivity contribution < 1.29 is 0 Å². The van der Waals surface area contributed by atoms with Crippen molar-refractivity contribution in [1.29, 1.82) is 0 Å². The Morgan fingerprint density at radius 3 is 2.09 bits per heavy atom. The fourth-order valence-corrected chi connectivity index (χ4v) is 3.52. The molecule has 3 rings (SSSR count). The van der Waals surface area contributed by atoms with Gasteiger partial charge in [0, 0.05) is 0 Å². The van der Waals surface area contributed by atoms with Crippen molar-refractivity contribution in [2.24, 2.45) is 16.7 Å². The second kappa shape index (κ2) is 1.67. The summed E-state index contributed by atoms with van der Waals surface area (Å²) in [5.74, 6) is 1.18. The van der Waals surface area contributed by atoms with Crippen LogP contribution in [0.25, 0.3) is 0 Å². The van der Waals surface area contributed by atoms with E-state index in [-0.39, 0.29) is 0 Å². The standard InChI is InChI=1S/C11H18/c1-2-10(5-6-10)9-3-4-11(9)7-8-11/h9H,2-8H2,1H3. The zero-order valence-electron chi connectivity index (χ0n) is 7.53. The molecule has 11 heavy (non-hydrogen) atoms. The van der Waals surface area contributed by atoms with Gasteiger partial charge in [0.1, 0.15) is 0 Å². The molecule has 3 aliphatic rings. The summed E-state index contributed by atoms with van der Waals surface area (Å²) >= 11 is 0. The highest BCUT2D eigenvalue weighted by molar-refractivity contribution is 5.15. The first kappa shape index (κ1) is 6.51. The van der Waals surface area contributed by atoms with Gasteiger partial charge in [-0.05, 0) is 55.3 Å². The summed E-state index contributed by atoms with van der Waals surface area (Å²) < 4.78 is 0. The highest BCUT2D eigenvalue weighted by Gasteiger charge is 2.65. The molecule has 0 bridgehead atoms. The fourth-order valence-electron chi connectivity index (χ4n) is 3.52. The van der Waals surface area contributed by atoms with E-state index in [1.165, 1.54) is 12.3 Å². The van der Waals surface area contributed by atoms with E-state index in [0.29, 0.717) is 0 Å². The average molecular weight is 150 g/mol. The Labute approximate surface area is 69.4 Å². The van der Waals surface area contributed by atoms with Crippen molar-refractivity contribution in [3.8, 4) is 0 Å². The minimum absolute atomic E-state index is 0.884. The van der Waals surface area contributed by atoms with Crippen molar-refractivity contribution >= 4 is 0 Å². The van der Waals surface area contributed by atoms with Crippen LogP contribution in [0, 0.1) is 16.7 Å². The van der Waals surface area contributed by atoms with Crippen molar-refractivity contribution in [2.45, 2.75) is 51.9 Å². The van der Waals surface area contributed by atoms with Gasteiger partial charge in [0.25, 0.3) is 0 Å². The van der Waals surface area contributed by atoms with Crippen molar-refractivity contribution in [3.05, 3.63) is 0 Å². The molecule has 0 nitrogen and oxygen atoms in total. The molecular formula is C11H18. The van der Waals surface area contributed by atoms with E-state index in [1.54, 1.807) is 38.5 Å². The molecular weight excluding hydrogens is 132 g/mol. The van der Waals surface area contributed by atoms with Crippen LogP contribution < -0.4 is 0 Å². The molecule has 1 atom stereocenters. The van der Waals surface area contributed by atoms with Crippen LogP contribution in [-0.2, 0) is 0 Å². The van der Waals surface area contributed by atoms with Gasteiger partial charge < -0.3 is 0 Å². The molecule has 0 radical (unpaired) electrons. The quantitative estimate of drug-likeness (QED) is 0.566. The maximum atomic E-state index is 2.40. The Morgan fingerprint density at radius 2 is 1.82 bits per heavy atom. The lowest BCUT2D eigenvalue weighted by Crippen LogP contribution is -2.35. The van der Waals surface area contributed by atoms with Gasteiger partial charge in [0.05, 0.1) is 0 Å². The van der Waals surface area contributed by atoms with E-state index in [0.717, 1.165) is 10.8 Å². The Bertz CT molecular complexity index is 184. The molecule has 0 N–H and O–H groups in total. The van der Waals surface area contributed by atoms with Gasteiger partial charge in [-0.25, -0.2) is 0 Å². The van der Waals surface area contributed by atoms with Crippen LogP contribution in [0.1, 0.15) is 51.9 Å². The third-order valence-electron chi connectivity index (χ3n) is 4.90. The molecule has 0 heteroatoms. The normalized spacial score (nSPS) is 41.7. The van der Waals surface area contributed by atoms with Crippen LogP contribution in [0.2, 0.25) is 0 Å². The molecule has 0 aromatic carbocycles. The summed E-state index contributed by atoms with van der Waals surface area (Å²) in [5, 5.41) is 0. The summed E-state index contributed by atoms with van der Waals surface area (Å²) in [6.45, 7) is 2.40. The van der Waals surface area contributed by atoms with Crippen LogP contribution in [-0.4, -0.2) is 0 Å². The van der Waals surface area contributed by atoms with Crippen LogP contribution in [0.4, 0.5) is 0 Å². The first-order valence-electron chi connectivity index (χ1n) is 5.31. The van der Waals surface area contributed by atoms with Gasteiger partial charge in [-0.15, -0.1) is 0 Å². The average Bonchev–Trinajstić information content (AvgIpc) is 2.83. The maximum absolute atomic E-state index is 2.40. The largest absolute Gasteiger partial charge is 0.0648 e. The molecule has 3 aliphatic carbocycles. The van der Waals surface area contributed by atoms with Crippen molar-refractivity contribution in [2.75, 3.05) is 0 Å². The van der Waals surface area contributed by atoms with Gasteiger partial charge in [-0.2, -0.15) is 0 Å². The molecule has 0 amide bonds. The van der Waals surface area contributed by atoms with Gasteiger partial charge in [0.2, 0.25) is 0 Å². The highest BCUT2D eigenvalue weighted by atomic mass is 14.7. The summed E-state index contributed by atoms with van der Waals surface area (Å²) in [5.41, 5.74) is 1.82. The van der Waals surface area contributed by atoms with Crippen molar-refractivity contribution in [1.82, 2.24) is 0 Å². The van der Waals surface area contributed by atoms with Crippen molar-refractivity contribution in [3.63, 3.8) is 0 Å². The van der Waals surface area contributed by atoms with Crippen LogP contribution in [0.5, 0.6) is 0 Å². The van der Waals surface area contributed by atoms with E-state index in [2.05, 4.69) is 6.92 Å². The number of hydrogen-bond donors (Lipinski definition) is 0. The van der Waals surface area contributed by atoms with E-state index in [4.69, 9.17) is 0 Å². The second-order valence-electron chi connectivity index (χ2n) is 5.17. The summed E-state index contributed by atoms with van der Waals surface area (Å²) in [6, 6.07) is 0. The highest BCUT2D eigenvalue weighted by Crippen LogP contribution is 2.75. The minimum Gasteiger partial charge on any atom is -0.0648 e. The van der Waals surface area contributed by atoms with Gasteiger partial charge in [-0.1, -0.05) is 13.3 Å². The molecule has 0 saturated heterocycles. The Kier molecular flexibility index (Phi) is 0.990. The van der Waals surface area contributed by atoms with Crippen LogP contribution in [0.3, 0.4) is 0 Å². The predicted octanol–water partition coefficient (Wildman–Crippen LogP) is 3.37. The van der Waals surface area contributed by atoms with Gasteiger partial charge in [-0.3, -0.25) is 0 Å². The topological polar surface area (TPSA) is 0 Å². The predicted molar refractivity (Wildman–Crippen MR) is 46.3 cm³/mol. The smallest absolute Gasteiger partial charge is 0.0263 e. The van der Waals surface area contributed by atoms with Gasteiger partial charge >= 0.3 is 0 Å². The summed E-state index contributed by atoms with van der Waals surface area (Å²) in [7, 11) is 0. The van der Waals surface area contributed by atoms with Crippen LogP contribution >= 0.6 is 0 Å². The van der Waals surface area contributed by atoms with E-state index in [1.807, 2.05) is 0 Å². The lowest BCUT2D eigenvalue weighted by molar-refractivity contribution is 0.0621. The molecule has 3 saturated carbocycles. The Morgan fingerprint density at radius 1 is 1.09 bits per heavy atom. The van der Waals surface area contributed by atoms with E-state index < -0.39 is 0 Å². The molecule has 1 unspecified atom stereocenters. The van der Waals surface area contributed by atoms with E-state index >= 15 is 0 Å². The molecule has 0 heterocycles. The maximum Gasteiger partial charge on any atom is -0.0263 e. The molecule has 0 aliphatic heterocycles. The Hall–Kier alpha value is 0. The lowest BCUT2D eigenvalue weighted by atomic mass is 9.62. The zero-order chi connectivity index (χ0) is 7.53. The second-order valence-corrected chi connectivity index (χ2v) is 5.17. The molecule has 0 aromatic rings. The number of hydrogen-bond acceptors (Lipinski definition) is 0. The monoisotopic (exact) mass is 150 g/mol. The summed E-state index contributed by atoms with van der Waals surface area (Å²) in [4.78, 5) is 0. The first-order valence-corrected chi connectivity index (χ1v) is 5.31. The SMILES string of the molecule is CCC1(C2CCC23CC3)CC1. The molecule has 3 fully saturated rings. The lowest BCUT2D eigenvalue weighted by Gasteiger charge is -2.43. The van der Waals surface area contributed by atoms with E-state index in [9.17, 15) is 0 Å². The van der Waals surface area contributed by atoms with Crippen LogP contribution in [0.15, 0.2) is 0 Å². The summed E-state index contributed by atoms with van der Waals surface area (Å²) in [6.07, 6.45) is 10.9. The zero-order valence-corrected chi connectivity index (χ0v) is 7.53. The number of rotatable bonds is 2. The Balaban J connectivity index is 1.79. The first-order chi connectivity index (χ1) is 5.31. The van der Waals surface area contributed by atoms with Gasteiger partial charge in [0.15, 0.2) is 0 Å².